The maximum absolute atomic E-state index is 11.7. The highest BCUT2D eigenvalue weighted by Gasteiger charge is 2.40. The third kappa shape index (κ3) is 4.21. The van der Waals surface area contributed by atoms with Crippen LogP contribution in [0.4, 0.5) is 4.79 Å². The maximum Gasteiger partial charge on any atom is 0.315 e. The first-order valence-electron chi connectivity index (χ1n) is 7.57. The van der Waals surface area contributed by atoms with Crippen LogP contribution in [0.2, 0.25) is 0 Å². The van der Waals surface area contributed by atoms with Crippen LogP contribution >= 0.6 is 0 Å². The molecule has 1 aliphatic heterocycles. The van der Waals surface area contributed by atoms with Crippen LogP contribution < -0.4 is 10.6 Å². The molecule has 1 unspecified atom stereocenters. The smallest absolute Gasteiger partial charge is 0.315 e. The molecule has 2 fully saturated rings. The van der Waals surface area contributed by atoms with Gasteiger partial charge in [-0.1, -0.05) is 6.08 Å². The third-order valence-electron chi connectivity index (χ3n) is 4.13. The van der Waals surface area contributed by atoms with Crippen molar-refractivity contribution in [2.45, 2.75) is 50.9 Å². The van der Waals surface area contributed by atoms with Crippen molar-refractivity contribution in [1.82, 2.24) is 10.6 Å². The Morgan fingerprint density at radius 3 is 2.65 bits per heavy atom. The van der Waals surface area contributed by atoms with Crippen LogP contribution in [0, 0.1) is 5.92 Å². The molecule has 5 heteroatoms. The van der Waals surface area contributed by atoms with Crippen LogP contribution in [0.5, 0.6) is 0 Å². The molecule has 0 aromatic heterocycles. The van der Waals surface area contributed by atoms with E-state index in [4.69, 9.17) is 9.47 Å². The Morgan fingerprint density at radius 2 is 2.05 bits per heavy atom. The lowest BCUT2D eigenvalue weighted by molar-refractivity contribution is -0.182. The summed E-state index contributed by atoms with van der Waals surface area (Å²) in [6.07, 6.45) is 6.56. The minimum Gasteiger partial charge on any atom is -0.348 e. The Labute approximate surface area is 121 Å². The molecule has 1 saturated carbocycles. The highest BCUT2D eigenvalue weighted by molar-refractivity contribution is 5.74. The topological polar surface area (TPSA) is 59.6 Å². The molecule has 1 saturated heterocycles. The van der Waals surface area contributed by atoms with Gasteiger partial charge in [-0.3, -0.25) is 0 Å². The summed E-state index contributed by atoms with van der Waals surface area (Å²) in [5, 5.41) is 5.85. The van der Waals surface area contributed by atoms with Gasteiger partial charge in [0, 0.05) is 25.4 Å². The molecule has 5 nitrogen and oxygen atoms in total. The van der Waals surface area contributed by atoms with Gasteiger partial charge in [0.1, 0.15) is 0 Å². The summed E-state index contributed by atoms with van der Waals surface area (Å²) in [6, 6.07) is 0.0374. The summed E-state index contributed by atoms with van der Waals surface area (Å²) in [6.45, 7) is 7.79. The van der Waals surface area contributed by atoms with Gasteiger partial charge in [0.05, 0.1) is 13.2 Å². The van der Waals surface area contributed by atoms with Crippen molar-refractivity contribution in [3.63, 3.8) is 0 Å². The Morgan fingerprint density at radius 1 is 1.40 bits per heavy atom. The fourth-order valence-electron chi connectivity index (χ4n) is 2.93. The van der Waals surface area contributed by atoms with Crippen molar-refractivity contribution in [2.75, 3.05) is 19.8 Å². The molecule has 2 aliphatic rings. The standard InChI is InChI=1S/C15H26N2O3/c1-3-4-12(2)17-14(18)16-11-13-5-7-15(8-6-13)19-9-10-20-15/h3,12-13H,1,4-11H2,2H3,(H2,16,17,18). The van der Waals surface area contributed by atoms with E-state index in [-0.39, 0.29) is 17.9 Å². The molecule has 0 bridgehead atoms. The number of hydrogen-bond donors (Lipinski definition) is 2. The van der Waals surface area contributed by atoms with Gasteiger partial charge in [-0.15, -0.1) is 6.58 Å². The Bertz CT molecular complexity index is 330. The van der Waals surface area contributed by atoms with E-state index in [9.17, 15) is 4.79 Å². The van der Waals surface area contributed by atoms with Crippen LogP contribution in [0.1, 0.15) is 39.0 Å². The number of amides is 2. The van der Waals surface area contributed by atoms with Crippen molar-refractivity contribution in [2.24, 2.45) is 5.92 Å². The molecule has 0 radical (unpaired) electrons. The molecule has 1 aliphatic carbocycles. The molecular weight excluding hydrogens is 256 g/mol. The molecule has 1 heterocycles. The molecule has 20 heavy (non-hydrogen) atoms. The molecule has 2 N–H and O–H groups in total. The summed E-state index contributed by atoms with van der Waals surface area (Å²) in [5.41, 5.74) is 0. The Balaban J connectivity index is 1.63. The Hall–Kier alpha value is -1.07. The number of ether oxygens (including phenoxy) is 2. The first-order chi connectivity index (χ1) is 9.63. The maximum atomic E-state index is 11.7. The zero-order chi connectivity index (χ0) is 14.4. The van der Waals surface area contributed by atoms with Crippen molar-refractivity contribution in [3.05, 3.63) is 12.7 Å². The molecular formula is C15H26N2O3. The monoisotopic (exact) mass is 282 g/mol. The summed E-state index contributed by atoms with van der Waals surface area (Å²) in [7, 11) is 0. The van der Waals surface area contributed by atoms with E-state index in [0.29, 0.717) is 19.1 Å². The van der Waals surface area contributed by atoms with Gasteiger partial charge in [0.2, 0.25) is 0 Å². The van der Waals surface area contributed by atoms with Crippen molar-refractivity contribution >= 4 is 6.03 Å². The first-order valence-corrected chi connectivity index (χ1v) is 7.57. The predicted molar refractivity (Wildman–Crippen MR) is 77.4 cm³/mol. The molecule has 1 atom stereocenters. The van der Waals surface area contributed by atoms with Crippen molar-refractivity contribution in [1.29, 1.82) is 0 Å². The largest absolute Gasteiger partial charge is 0.348 e. The molecule has 2 amide bonds. The number of rotatable bonds is 5. The van der Waals surface area contributed by atoms with E-state index >= 15 is 0 Å². The first kappa shape index (κ1) is 15.3. The average molecular weight is 282 g/mol. The summed E-state index contributed by atoms with van der Waals surface area (Å²) in [4.78, 5) is 11.7. The van der Waals surface area contributed by atoms with E-state index in [2.05, 4.69) is 17.2 Å². The molecule has 0 aromatic rings. The normalized spacial score (nSPS) is 23.4. The van der Waals surface area contributed by atoms with Crippen LogP contribution in [0.15, 0.2) is 12.7 Å². The zero-order valence-corrected chi connectivity index (χ0v) is 12.3. The minimum atomic E-state index is -0.308. The molecule has 114 valence electrons. The summed E-state index contributed by atoms with van der Waals surface area (Å²) in [5.74, 6) is 0.214. The SMILES string of the molecule is C=CCC(C)NC(=O)NCC1CCC2(CC1)OCCO2. The molecule has 2 rings (SSSR count). The summed E-state index contributed by atoms with van der Waals surface area (Å²) >= 11 is 0. The van der Waals surface area contributed by atoms with E-state index in [1.807, 2.05) is 13.0 Å². The molecule has 1 spiro atoms. The van der Waals surface area contributed by atoms with E-state index in [0.717, 1.165) is 38.6 Å². The third-order valence-corrected chi connectivity index (χ3v) is 4.13. The lowest BCUT2D eigenvalue weighted by atomic mass is 9.85. The molecule has 0 aromatic carbocycles. The van der Waals surface area contributed by atoms with E-state index in [1.54, 1.807) is 0 Å². The quantitative estimate of drug-likeness (QED) is 0.760. The van der Waals surface area contributed by atoms with Crippen LogP contribution in [0.25, 0.3) is 0 Å². The fourth-order valence-corrected chi connectivity index (χ4v) is 2.93. The number of nitrogens with one attached hydrogen (secondary N) is 2. The zero-order valence-electron chi connectivity index (χ0n) is 12.3. The van der Waals surface area contributed by atoms with Crippen molar-refractivity contribution < 1.29 is 14.3 Å². The van der Waals surface area contributed by atoms with Gasteiger partial charge in [-0.05, 0) is 32.1 Å². The van der Waals surface area contributed by atoms with Crippen LogP contribution in [-0.4, -0.2) is 37.6 Å². The predicted octanol–water partition coefficient (Wildman–Crippen LogP) is 2.18. The highest BCUT2D eigenvalue weighted by Crippen LogP contribution is 2.37. The minimum absolute atomic E-state index is 0.0898. The van der Waals surface area contributed by atoms with E-state index in [1.165, 1.54) is 0 Å². The second kappa shape index (κ2) is 7.09. The Kier molecular flexibility index (Phi) is 5.43. The van der Waals surface area contributed by atoms with Gasteiger partial charge in [0.15, 0.2) is 5.79 Å². The van der Waals surface area contributed by atoms with E-state index < -0.39 is 0 Å². The second-order valence-electron chi connectivity index (χ2n) is 5.83. The number of urea groups is 1. The lowest BCUT2D eigenvalue weighted by Crippen LogP contribution is -2.44. The number of hydrogen-bond acceptors (Lipinski definition) is 3. The van der Waals surface area contributed by atoms with Crippen LogP contribution in [-0.2, 0) is 9.47 Å². The van der Waals surface area contributed by atoms with Gasteiger partial charge >= 0.3 is 6.03 Å². The highest BCUT2D eigenvalue weighted by atomic mass is 16.7. The lowest BCUT2D eigenvalue weighted by Gasteiger charge is -2.35. The summed E-state index contributed by atoms with van der Waals surface area (Å²) < 4.78 is 11.4. The van der Waals surface area contributed by atoms with Gasteiger partial charge in [-0.25, -0.2) is 4.79 Å². The fraction of sp³-hybridized carbons (Fsp3) is 0.800. The van der Waals surface area contributed by atoms with Crippen LogP contribution in [0.3, 0.4) is 0 Å². The number of carbonyl (C=O) groups is 1. The van der Waals surface area contributed by atoms with Gasteiger partial charge < -0.3 is 20.1 Å². The van der Waals surface area contributed by atoms with Crippen molar-refractivity contribution in [3.8, 4) is 0 Å². The number of carbonyl (C=O) groups excluding carboxylic acids is 1. The second-order valence-corrected chi connectivity index (χ2v) is 5.83. The van der Waals surface area contributed by atoms with Gasteiger partial charge in [-0.2, -0.15) is 0 Å². The average Bonchev–Trinajstić information content (AvgIpc) is 2.87. The van der Waals surface area contributed by atoms with Gasteiger partial charge in [0.25, 0.3) is 0 Å².